The SMILES string of the molecule is CCCSCc1ccc(I)cc1. The molecule has 12 heavy (non-hydrogen) atoms. The van der Waals surface area contributed by atoms with Crippen molar-refractivity contribution in [2.45, 2.75) is 19.1 Å². The molecule has 66 valence electrons. The fourth-order valence-corrected chi connectivity index (χ4v) is 2.14. The molecule has 1 rings (SSSR count). The topological polar surface area (TPSA) is 0 Å². The first kappa shape index (κ1) is 10.4. The largest absolute Gasteiger partial charge is 0.157 e. The van der Waals surface area contributed by atoms with E-state index in [0.717, 1.165) is 5.75 Å². The highest BCUT2D eigenvalue weighted by atomic mass is 127. The van der Waals surface area contributed by atoms with Crippen LogP contribution in [0.3, 0.4) is 0 Å². The van der Waals surface area contributed by atoms with E-state index in [1.54, 1.807) is 0 Å². The summed E-state index contributed by atoms with van der Waals surface area (Å²) >= 11 is 4.34. The number of halogens is 1. The van der Waals surface area contributed by atoms with Crippen molar-refractivity contribution in [3.05, 3.63) is 33.4 Å². The molecule has 0 aliphatic heterocycles. The Labute approximate surface area is 92.3 Å². The minimum Gasteiger partial charge on any atom is -0.157 e. The highest BCUT2D eigenvalue weighted by Gasteiger charge is 1.92. The van der Waals surface area contributed by atoms with E-state index < -0.39 is 0 Å². The minimum absolute atomic E-state index is 1.16. The van der Waals surface area contributed by atoms with Gasteiger partial charge in [0.05, 0.1) is 0 Å². The molecule has 0 saturated carbocycles. The molecule has 0 amide bonds. The standard InChI is InChI=1S/C10H13IS/c1-2-7-12-8-9-3-5-10(11)6-4-9/h3-6H,2,7-8H2,1H3. The fourth-order valence-electron chi connectivity index (χ4n) is 0.915. The van der Waals surface area contributed by atoms with Crippen molar-refractivity contribution in [3.63, 3.8) is 0 Å². The van der Waals surface area contributed by atoms with Crippen LogP contribution in [0, 0.1) is 3.57 Å². The van der Waals surface area contributed by atoms with Gasteiger partial charge in [0.2, 0.25) is 0 Å². The summed E-state index contributed by atoms with van der Waals surface area (Å²) in [7, 11) is 0. The Hall–Kier alpha value is 0.300. The molecule has 0 aromatic heterocycles. The van der Waals surface area contributed by atoms with Gasteiger partial charge >= 0.3 is 0 Å². The summed E-state index contributed by atoms with van der Waals surface area (Å²) in [6, 6.07) is 8.76. The second-order valence-corrected chi connectivity index (χ2v) is 5.03. The molecular weight excluding hydrogens is 279 g/mol. The monoisotopic (exact) mass is 292 g/mol. The van der Waals surface area contributed by atoms with Gasteiger partial charge in [-0.3, -0.25) is 0 Å². The molecule has 0 heterocycles. The third-order valence-electron chi connectivity index (χ3n) is 1.53. The van der Waals surface area contributed by atoms with Crippen molar-refractivity contribution in [3.8, 4) is 0 Å². The number of rotatable bonds is 4. The molecule has 0 N–H and O–H groups in total. The van der Waals surface area contributed by atoms with Crippen molar-refractivity contribution in [1.29, 1.82) is 0 Å². The highest BCUT2D eigenvalue weighted by molar-refractivity contribution is 14.1. The maximum absolute atomic E-state index is 2.33. The predicted octanol–water partition coefficient (Wildman–Crippen LogP) is 3.93. The lowest BCUT2D eigenvalue weighted by Gasteiger charge is -1.99. The average Bonchev–Trinajstić information content (AvgIpc) is 2.09. The summed E-state index contributed by atoms with van der Waals surface area (Å²) in [5, 5.41) is 0. The Morgan fingerprint density at radius 1 is 1.25 bits per heavy atom. The van der Waals surface area contributed by atoms with Gasteiger partial charge < -0.3 is 0 Å². The van der Waals surface area contributed by atoms with Crippen LogP contribution in [-0.2, 0) is 5.75 Å². The molecule has 0 atom stereocenters. The van der Waals surface area contributed by atoms with Crippen LogP contribution in [0.4, 0.5) is 0 Å². The third kappa shape index (κ3) is 3.81. The summed E-state index contributed by atoms with van der Waals surface area (Å²) in [5.74, 6) is 2.43. The Kier molecular flexibility index (Phi) is 5.07. The molecule has 0 bridgehead atoms. The van der Waals surface area contributed by atoms with Crippen LogP contribution < -0.4 is 0 Å². The molecule has 0 fully saturated rings. The molecule has 1 aromatic rings. The summed E-state index contributed by atoms with van der Waals surface area (Å²) in [6.07, 6.45) is 1.27. The van der Waals surface area contributed by atoms with Crippen LogP contribution in [0.25, 0.3) is 0 Å². The van der Waals surface area contributed by atoms with E-state index in [0.29, 0.717) is 0 Å². The minimum atomic E-state index is 1.16. The lowest BCUT2D eigenvalue weighted by atomic mass is 10.2. The second-order valence-electron chi connectivity index (χ2n) is 2.68. The summed E-state index contributed by atoms with van der Waals surface area (Å²) in [4.78, 5) is 0. The zero-order valence-corrected chi connectivity index (χ0v) is 10.2. The first-order valence-corrected chi connectivity index (χ1v) is 6.38. The summed E-state index contributed by atoms with van der Waals surface area (Å²) in [6.45, 7) is 2.22. The van der Waals surface area contributed by atoms with Gasteiger partial charge in [-0.1, -0.05) is 19.1 Å². The van der Waals surface area contributed by atoms with Crippen molar-refractivity contribution < 1.29 is 0 Å². The van der Waals surface area contributed by atoms with Gasteiger partial charge in [-0.15, -0.1) is 0 Å². The van der Waals surface area contributed by atoms with E-state index in [1.165, 1.54) is 21.3 Å². The van der Waals surface area contributed by atoms with Crippen molar-refractivity contribution in [2.24, 2.45) is 0 Å². The molecule has 2 heteroatoms. The lowest BCUT2D eigenvalue weighted by Crippen LogP contribution is -1.82. The number of hydrogen-bond donors (Lipinski definition) is 0. The van der Waals surface area contributed by atoms with Gasteiger partial charge in [0, 0.05) is 9.32 Å². The summed E-state index contributed by atoms with van der Waals surface area (Å²) in [5.41, 5.74) is 1.44. The predicted molar refractivity (Wildman–Crippen MR) is 65.6 cm³/mol. The van der Waals surface area contributed by atoms with Gasteiger partial charge in [0.25, 0.3) is 0 Å². The maximum atomic E-state index is 2.33. The maximum Gasteiger partial charge on any atom is 0.0184 e. The van der Waals surface area contributed by atoms with Crippen LogP contribution in [0.2, 0.25) is 0 Å². The zero-order valence-electron chi connectivity index (χ0n) is 7.22. The zero-order chi connectivity index (χ0) is 8.81. The van der Waals surface area contributed by atoms with Gasteiger partial charge in [0.1, 0.15) is 0 Å². The van der Waals surface area contributed by atoms with Crippen LogP contribution in [0.15, 0.2) is 24.3 Å². The Morgan fingerprint density at radius 3 is 2.50 bits per heavy atom. The first-order valence-electron chi connectivity index (χ1n) is 4.15. The molecule has 0 saturated heterocycles. The average molecular weight is 292 g/mol. The number of thioether (sulfide) groups is 1. The molecule has 0 unspecified atom stereocenters. The van der Waals surface area contributed by atoms with Crippen molar-refractivity contribution in [1.82, 2.24) is 0 Å². The van der Waals surface area contributed by atoms with E-state index in [4.69, 9.17) is 0 Å². The molecular formula is C10H13IS. The molecule has 1 aromatic carbocycles. The normalized spacial score (nSPS) is 10.2. The Bertz CT molecular complexity index is 218. The molecule has 0 nitrogen and oxygen atoms in total. The molecule has 0 radical (unpaired) electrons. The second kappa shape index (κ2) is 5.86. The molecule has 0 spiro atoms. The third-order valence-corrected chi connectivity index (χ3v) is 3.48. The van der Waals surface area contributed by atoms with E-state index in [2.05, 4.69) is 53.8 Å². The van der Waals surface area contributed by atoms with Crippen LogP contribution in [0.1, 0.15) is 18.9 Å². The summed E-state index contributed by atoms with van der Waals surface area (Å²) < 4.78 is 1.32. The molecule has 0 aliphatic rings. The number of benzene rings is 1. The Balaban J connectivity index is 2.37. The smallest absolute Gasteiger partial charge is 0.0184 e. The van der Waals surface area contributed by atoms with Gasteiger partial charge in [0.15, 0.2) is 0 Å². The van der Waals surface area contributed by atoms with Gasteiger partial charge in [-0.05, 0) is 52.5 Å². The first-order chi connectivity index (χ1) is 5.83. The van der Waals surface area contributed by atoms with Crippen molar-refractivity contribution in [2.75, 3.05) is 5.75 Å². The van der Waals surface area contributed by atoms with Crippen LogP contribution in [0.5, 0.6) is 0 Å². The van der Waals surface area contributed by atoms with E-state index in [1.807, 2.05) is 11.8 Å². The van der Waals surface area contributed by atoms with Crippen LogP contribution >= 0.6 is 34.4 Å². The fraction of sp³-hybridized carbons (Fsp3) is 0.400. The number of hydrogen-bond acceptors (Lipinski definition) is 1. The van der Waals surface area contributed by atoms with E-state index in [-0.39, 0.29) is 0 Å². The van der Waals surface area contributed by atoms with Gasteiger partial charge in [-0.25, -0.2) is 0 Å². The van der Waals surface area contributed by atoms with Gasteiger partial charge in [-0.2, -0.15) is 11.8 Å². The van der Waals surface area contributed by atoms with Crippen molar-refractivity contribution >= 4 is 34.4 Å². The lowest BCUT2D eigenvalue weighted by molar-refractivity contribution is 1.10. The highest BCUT2D eigenvalue weighted by Crippen LogP contribution is 2.14. The van der Waals surface area contributed by atoms with E-state index >= 15 is 0 Å². The van der Waals surface area contributed by atoms with E-state index in [9.17, 15) is 0 Å². The molecule has 0 aliphatic carbocycles. The quantitative estimate of drug-likeness (QED) is 0.598. The Morgan fingerprint density at radius 2 is 1.92 bits per heavy atom. The van der Waals surface area contributed by atoms with Crippen LogP contribution in [-0.4, -0.2) is 5.75 Å².